The summed E-state index contributed by atoms with van der Waals surface area (Å²) in [5.41, 5.74) is -0.345. The summed E-state index contributed by atoms with van der Waals surface area (Å²) in [7, 11) is 0. The lowest BCUT2D eigenvalue weighted by Crippen LogP contribution is -2.43. The average molecular weight is 280 g/mol. The topological polar surface area (TPSA) is 49.0 Å². The van der Waals surface area contributed by atoms with Gasteiger partial charge in [0.15, 0.2) is 0 Å². The molecule has 0 fully saturated rings. The first-order valence-corrected chi connectivity index (χ1v) is 7.99. The monoisotopic (exact) mass is 280 g/mol. The molecule has 4 heteroatoms. The zero-order valence-corrected chi connectivity index (χ0v) is 13.0. The van der Waals surface area contributed by atoms with Crippen molar-refractivity contribution in [3.63, 3.8) is 0 Å². The van der Waals surface area contributed by atoms with Gasteiger partial charge in [0, 0.05) is 4.90 Å². The molecule has 0 aliphatic rings. The van der Waals surface area contributed by atoms with E-state index in [9.17, 15) is 5.26 Å². The van der Waals surface area contributed by atoms with Gasteiger partial charge in [0.05, 0.1) is 12.3 Å². The van der Waals surface area contributed by atoms with Gasteiger partial charge in [-0.1, -0.05) is 13.8 Å². The van der Waals surface area contributed by atoms with Gasteiger partial charge in [0.2, 0.25) is 0 Å². The van der Waals surface area contributed by atoms with Crippen LogP contribution in [0.25, 0.3) is 0 Å². The lowest BCUT2D eigenvalue weighted by Gasteiger charge is -2.26. The molecule has 19 heavy (non-hydrogen) atoms. The van der Waals surface area contributed by atoms with E-state index in [1.165, 1.54) is 4.90 Å². The smallest absolute Gasteiger partial charge is 0.114 e. The first-order chi connectivity index (χ1) is 9.17. The summed E-state index contributed by atoms with van der Waals surface area (Å²) >= 11 is 1.81. The van der Waals surface area contributed by atoms with Crippen molar-refractivity contribution in [1.82, 2.24) is 5.32 Å². The molecule has 0 spiro atoms. The summed E-state index contributed by atoms with van der Waals surface area (Å²) in [5.74, 6) is 2.01. The summed E-state index contributed by atoms with van der Waals surface area (Å²) in [6.07, 6.45) is 5.59. The maximum Gasteiger partial charge on any atom is 0.114 e. The highest BCUT2D eigenvalue weighted by Crippen LogP contribution is 2.26. The van der Waals surface area contributed by atoms with Crippen molar-refractivity contribution in [1.29, 1.82) is 5.26 Å². The number of thioether (sulfide) groups is 1. The van der Waals surface area contributed by atoms with Crippen LogP contribution in [0, 0.1) is 18.3 Å². The lowest BCUT2D eigenvalue weighted by molar-refractivity contribution is 0.371. The minimum atomic E-state index is -0.345. The van der Waals surface area contributed by atoms with Crippen molar-refractivity contribution >= 4 is 11.8 Å². The highest BCUT2D eigenvalue weighted by Gasteiger charge is 2.26. The van der Waals surface area contributed by atoms with Crippen molar-refractivity contribution < 1.29 is 4.42 Å². The van der Waals surface area contributed by atoms with Crippen LogP contribution in [0.4, 0.5) is 0 Å². The Labute approximate surface area is 120 Å². The molecule has 0 saturated carbocycles. The SMILES string of the molecule is CCCNC(C#N)(CC)CCCSc1ccoc1C. The quantitative estimate of drug-likeness (QED) is 0.546. The summed E-state index contributed by atoms with van der Waals surface area (Å²) < 4.78 is 5.27. The number of rotatable bonds is 9. The third kappa shape index (κ3) is 4.93. The number of nitrogens with one attached hydrogen (secondary N) is 1. The van der Waals surface area contributed by atoms with Crippen LogP contribution >= 0.6 is 11.8 Å². The van der Waals surface area contributed by atoms with E-state index in [0.717, 1.165) is 43.7 Å². The Bertz CT molecular complexity index is 411. The molecule has 1 aromatic heterocycles. The largest absolute Gasteiger partial charge is 0.468 e. The molecular weight excluding hydrogens is 256 g/mol. The molecule has 1 atom stereocenters. The highest BCUT2D eigenvalue weighted by atomic mass is 32.2. The van der Waals surface area contributed by atoms with Gasteiger partial charge in [-0.15, -0.1) is 11.8 Å². The van der Waals surface area contributed by atoms with Crippen LogP contribution < -0.4 is 5.32 Å². The number of nitrogens with zero attached hydrogens (tertiary/aromatic N) is 1. The molecule has 3 nitrogen and oxygen atoms in total. The molecule has 1 aromatic rings. The van der Waals surface area contributed by atoms with E-state index in [1.807, 2.05) is 24.8 Å². The Morgan fingerprint density at radius 2 is 2.26 bits per heavy atom. The Hall–Kier alpha value is -0.920. The van der Waals surface area contributed by atoms with Crippen molar-refractivity contribution in [3.8, 4) is 6.07 Å². The predicted molar refractivity (Wildman–Crippen MR) is 80.3 cm³/mol. The van der Waals surface area contributed by atoms with Crippen LogP contribution in [0.3, 0.4) is 0 Å². The van der Waals surface area contributed by atoms with Crippen LogP contribution in [-0.4, -0.2) is 17.8 Å². The normalized spacial score (nSPS) is 14.0. The molecule has 0 radical (unpaired) electrons. The van der Waals surface area contributed by atoms with E-state index >= 15 is 0 Å². The van der Waals surface area contributed by atoms with Gasteiger partial charge < -0.3 is 4.42 Å². The first-order valence-electron chi connectivity index (χ1n) is 7.00. The zero-order chi connectivity index (χ0) is 14.1. The van der Waals surface area contributed by atoms with E-state index in [0.29, 0.717) is 0 Å². The fourth-order valence-corrected chi connectivity index (χ4v) is 2.92. The number of hydrogen-bond acceptors (Lipinski definition) is 4. The molecule has 106 valence electrons. The second-order valence-electron chi connectivity index (χ2n) is 4.77. The Morgan fingerprint density at radius 3 is 2.79 bits per heavy atom. The maximum absolute atomic E-state index is 9.40. The minimum Gasteiger partial charge on any atom is -0.468 e. The van der Waals surface area contributed by atoms with Crippen LogP contribution in [0.1, 0.15) is 45.3 Å². The summed E-state index contributed by atoms with van der Waals surface area (Å²) in [6, 6.07) is 4.47. The predicted octanol–water partition coefficient (Wildman–Crippen LogP) is 4.13. The fourth-order valence-electron chi connectivity index (χ4n) is 2.01. The molecule has 1 unspecified atom stereocenters. The summed E-state index contributed by atoms with van der Waals surface area (Å²) in [5, 5.41) is 12.8. The molecule has 1 rings (SSSR count). The molecular formula is C15H24N2OS. The highest BCUT2D eigenvalue weighted by molar-refractivity contribution is 7.99. The summed E-state index contributed by atoms with van der Waals surface area (Å²) in [4.78, 5) is 1.21. The van der Waals surface area contributed by atoms with E-state index < -0.39 is 0 Å². The van der Waals surface area contributed by atoms with Crippen LogP contribution in [0.2, 0.25) is 0 Å². The van der Waals surface area contributed by atoms with Crippen molar-refractivity contribution in [3.05, 3.63) is 18.1 Å². The van der Waals surface area contributed by atoms with Gasteiger partial charge in [-0.2, -0.15) is 5.26 Å². The standard InChI is InChI=1S/C15H24N2OS/c1-4-9-17-15(5-2,12-16)8-6-11-19-14-7-10-18-13(14)3/h7,10,17H,4-6,8-9,11H2,1-3H3. The van der Waals surface area contributed by atoms with Gasteiger partial charge in [0.1, 0.15) is 11.3 Å². The van der Waals surface area contributed by atoms with E-state index in [1.54, 1.807) is 6.26 Å². The van der Waals surface area contributed by atoms with Crippen LogP contribution in [-0.2, 0) is 0 Å². The number of nitriles is 1. The zero-order valence-electron chi connectivity index (χ0n) is 12.2. The number of hydrogen-bond donors (Lipinski definition) is 1. The summed E-state index contributed by atoms with van der Waals surface area (Å²) in [6.45, 7) is 7.10. The van der Waals surface area contributed by atoms with Gasteiger partial charge >= 0.3 is 0 Å². The lowest BCUT2D eigenvalue weighted by atomic mass is 9.92. The van der Waals surface area contributed by atoms with Gasteiger partial charge in [-0.3, -0.25) is 5.32 Å². The van der Waals surface area contributed by atoms with E-state index in [-0.39, 0.29) is 5.54 Å². The third-order valence-electron chi connectivity index (χ3n) is 3.35. The first kappa shape index (κ1) is 16.1. The molecule has 0 bridgehead atoms. The van der Waals surface area contributed by atoms with Crippen molar-refractivity contribution in [2.24, 2.45) is 0 Å². The second kappa shape index (κ2) is 8.29. The van der Waals surface area contributed by atoms with Crippen LogP contribution in [0.15, 0.2) is 21.6 Å². The van der Waals surface area contributed by atoms with E-state index in [2.05, 4.69) is 25.2 Å². The molecule has 0 aliphatic carbocycles. The van der Waals surface area contributed by atoms with Crippen molar-refractivity contribution in [2.75, 3.05) is 12.3 Å². The average Bonchev–Trinajstić information content (AvgIpc) is 2.84. The second-order valence-corrected chi connectivity index (χ2v) is 5.90. The Morgan fingerprint density at radius 1 is 1.47 bits per heavy atom. The van der Waals surface area contributed by atoms with Gasteiger partial charge in [-0.25, -0.2) is 0 Å². The van der Waals surface area contributed by atoms with Gasteiger partial charge in [-0.05, 0) is 51.0 Å². The molecule has 0 amide bonds. The number of aryl methyl sites for hydroxylation is 1. The molecule has 0 aromatic carbocycles. The molecule has 0 aliphatic heterocycles. The van der Waals surface area contributed by atoms with Crippen molar-refractivity contribution in [2.45, 2.75) is 56.9 Å². The minimum absolute atomic E-state index is 0.345. The molecule has 1 N–H and O–H groups in total. The van der Waals surface area contributed by atoms with Gasteiger partial charge in [0.25, 0.3) is 0 Å². The fraction of sp³-hybridized carbons (Fsp3) is 0.667. The van der Waals surface area contributed by atoms with Crippen LogP contribution in [0.5, 0.6) is 0 Å². The maximum atomic E-state index is 9.40. The third-order valence-corrected chi connectivity index (χ3v) is 4.57. The number of furan rings is 1. The molecule has 0 saturated heterocycles. The Balaban J connectivity index is 2.36. The van der Waals surface area contributed by atoms with E-state index in [4.69, 9.17) is 4.42 Å². The molecule has 1 heterocycles. The Kier molecular flexibility index (Phi) is 7.04.